The average molecular weight is 524 g/mol. The molecule has 0 aliphatic rings. The van der Waals surface area contributed by atoms with Gasteiger partial charge in [-0.15, -0.1) is 0 Å². The third-order valence-electron chi connectivity index (χ3n) is 3.15. The SMILES string of the molecule is CC(=O)CNCl.CCOC(=O)CNC(=O)c1cccc(Cl)c1.O=C(Cl)c1cccc(Cl)c1. The molecule has 2 rings (SSSR count). The van der Waals surface area contributed by atoms with Crippen LogP contribution in [0.15, 0.2) is 48.5 Å². The zero-order chi connectivity index (χ0) is 24.5. The quantitative estimate of drug-likeness (QED) is 0.310. The van der Waals surface area contributed by atoms with E-state index in [1.807, 2.05) is 0 Å². The van der Waals surface area contributed by atoms with Crippen LogP contribution in [0.2, 0.25) is 10.0 Å². The van der Waals surface area contributed by atoms with E-state index in [1.165, 1.54) is 19.1 Å². The molecular weight excluding hydrogens is 502 g/mol. The molecule has 32 heavy (non-hydrogen) atoms. The number of ether oxygens (including phenoxy) is 1. The Labute approximate surface area is 206 Å². The van der Waals surface area contributed by atoms with Crippen molar-refractivity contribution < 1.29 is 23.9 Å². The number of halogens is 4. The van der Waals surface area contributed by atoms with Crippen molar-refractivity contribution in [1.29, 1.82) is 0 Å². The van der Waals surface area contributed by atoms with Crippen LogP contribution in [0.25, 0.3) is 0 Å². The number of carbonyl (C=O) groups excluding carboxylic acids is 4. The number of hydrogen-bond acceptors (Lipinski definition) is 6. The van der Waals surface area contributed by atoms with E-state index in [4.69, 9.17) is 46.6 Å². The Morgan fingerprint density at radius 3 is 1.81 bits per heavy atom. The molecule has 0 atom stereocenters. The van der Waals surface area contributed by atoms with E-state index in [9.17, 15) is 19.2 Å². The fraction of sp³-hybridized carbons (Fsp3) is 0.238. The molecule has 0 saturated carbocycles. The molecular formula is C21H22Cl4N2O5. The van der Waals surface area contributed by atoms with Gasteiger partial charge in [0.1, 0.15) is 12.3 Å². The predicted octanol–water partition coefficient (Wildman–Crippen LogP) is 4.67. The summed E-state index contributed by atoms with van der Waals surface area (Å²) in [5.74, 6) is -0.765. The number of Topliss-reactive ketones (excluding diaryl/α,β-unsaturated/α-hetero) is 1. The van der Waals surface area contributed by atoms with E-state index in [0.717, 1.165) is 0 Å². The van der Waals surface area contributed by atoms with Crippen molar-refractivity contribution >= 4 is 69.5 Å². The van der Waals surface area contributed by atoms with Gasteiger partial charge in [-0.3, -0.25) is 19.2 Å². The van der Waals surface area contributed by atoms with Crippen LogP contribution in [-0.4, -0.2) is 42.6 Å². The molecule has 0 saturated heterocycles. The van der Waals surface area contributed by atoms with Crippen molar-refractivity contribution in [2.75, 3.05) is 19.7 Å². The smallest absolute Gasteiger partial charge is 0.325 e. The summed E-state index contributed by atoms with van der Waals surface area (Å²) in [6.45, 7) is 3.58. The summed E-state index contributed by atoms with van der Waals surface area (Å²) in [6.07, 6.45) is 0. The molecule has 2 aromatic carbocycles. The Morgan fingerprint density at radius 1 is 0.906 bits per heavy atom. The first-order valence-corrected chi connectivity index (χ1v) is 10.6. The first-order chi connectivity index (χ1) is 15.1. The third-order valence-corrected chi connectivity index (χ3v) is 3.97. The molecule has 1 amide bonds. The third kappa shape index (κ3) is 14.8. The Hall–Kier alpha value is -2.16. The summed E-state index contributed by atoms with van der Waals surface area (Å²) in [6, 6.07) is 13.0. The first kappa shape index (κ1) is 29.8. The molecule has 2 N–H and O–H groups in total. The highest BCUT2D eigenvalue weighted by Crippen LogP contribution is 2.12. The van der Waals surface area contributed by atoms with Gasteiger partial charge in [0.05, 0.1) is 13.2 Å². The summed E-state index contributed by atoms with van der Waals surface area (Å²) in [5, 5.41) is 2.95. The summed E-state index contributed by atoms with van der Waals surface area (Å²) in [5.41, 5.74) is 0.839. The van der Waals surface area contributed by atoms with Crippen LogP contribution in [0.4, 0.5) is 0 Å². The number of nitrogens with one attached hydrogen (secondary N) is 2. The molecule has 0 unspecified atom stereocenters. The number of rotatable bonds is 7. The van der Waals surface area contributed by atoms with E-state index in [2.05, 4.69) is 14.9 Å². The standard InChI is InChI=1S/C11H12ClNO3.C7H4Cl2O.C3H6ClNO/c1-2-16-10(14)7-13-11(15)8-4-3-5-9(12)6-8;8-6-3-1-2-5(4-6)7(9)10;1-3(6)2-5-4/h3-6H,2,7H2,1H3,(H,13,15);1-4H;5H,2H2,1H3. The van der Waals surface area contributed by atoms with Gasteiger partial charge in [0.25, 0.3) is 11.1 Å². The molecule has 0 aliphatic heterocycles. The van der Waals surface area contributed by atoms with Gasteiger partial charge in [0.2, 0.25) is 0 Å². The van der Waals surface area contributed by atoms with Gasteiger partial charge < -0.3 is 10.1 Å². The van der Waals surface area contributed by atoms with Crippen LogP contribution in [0.3, 0.4) is 0 Å². The fourth-order valence-corrected chi connectivity index (χ4v) is 2.49. The topological polar surface area (TPSA) is 102 Å². The van der Waals surface area contributed by atoms with E-state index < -0.39 is 11.2 Å². The molecule has 0 bridgehead atoms. The second-order valence-electron chi connectivity index (χ2n) is 5.79. The van der Waals surface area contributed by atoms with Crippen molar-refractivity contribution in [1.82, 2.24) is 10.2 Å². The zero-order valence-electron chi connectivity index (χ0n) is 17.3. The van der Waals surface area contributed by atoms with E-state index in [1.54, 1.807) is 43.3 Å². The molecule has 2 aromatic rings. The number of amides is 1. The second kappa shape index (κ2) is 17.4. The van der Waals surface area contributed by atoms with Gasteiger partial charge in [0.15, 0.2) is 0 Å². The first-order valence-electron chi connectivity index (χ1n) is 9.08. The molecule has 174 valence electrons. The number of carbonyl (C=O) groups is 4. The molecule has 0 aromatic heterocycles. The van der Waals surface area contributed by atoms with Crippen LogP contribution < -0.4 is 10.2 Å². The lowest BCUT2D eigenvalue weighted by Gasteiger charge is -2.04. The highest BCUT2D eigenvalue weighted by Gasteiger charge is 2.08. The minimum absolute atomic E-state index is 0.0463. The van der Waals surface area contributed by atoms with Gasteiger partial charge in [-0.05, 0) is 73.6 Å². The van der Waals surface area contributed by atoms with Crippen LogP contribution in [0, 0.1) is 0 Å². The molecule has 0 radical (unpaired) electrons. The summed E-state index contributed by atoms with van der Waals surface area (Å²) >= 11 is 21.4. The Balaban J connectivity index is 0.000000511. The number of ketones is 1. The summed E-state index contributed by atoms with van der Waals surface area (Å²) in [4.78, 5) is 45.1. The lowest BCUT2D eigenvalue weighted by molar-refractivity contribution is -0.141. The van der Waals surface area contributed by atoms with Crippen molar-refractivity contribution in [3.63, 3.8) is 0 Å². The number of benzene rings is 2. The maximum Gasteiger partial charge on any atom is 0.325 e. The maximum absolute atomic E-state index is 11.5. The van der Waals surface area contributed by atoms with Crippen molar-refractivity contribution in [3.8, 4) is 0 Å². The van der Waals surface area contributed by atoms with Gasteiger partial charge in [0, 0.05) is 21.2 Å². The van der Waals surface area contributed by atoms with Crippen LogP contribution in [0.1, 0.15) is 34.6 Å². The minimum Gasteiger partial charge on any atom is -0.465 e. The molecule has 11 heteroatoms. The van der Waals surface area contributed by atoms with E-state index >= 15 is 0 Å². The molecule has 0 aliphatic carbocycles. The molecule has 0 fully saturated rings. The van der Waals surface area contributed by atoms with Crippen molar-refractivity contribution in [3.05, 3.63) is 69.7 Å². The lowest BCUT2D eigenvalue weighted by atomic mass is 10.2. The zero-order valence-corrected chi connectivity index (χ0v) is 20.3. The molecule has 0 heterocycles. The summed E-state index contributed by atoms with van der Waals surface area (Å²) in [7, 11) is 0. The van der Waals surface area contributed by atoms with E-state index in [0.29, 0.717) is 27.8 Å². The van der Waals surface area contributed by atoms with Crippen molar-refractivity contribution in [2.45, 2.75) is 13.8 Å². The second-order valence-corrected chi connectivity index (χ2v) is 7.28. The normalized spacial score (nSPS) is 9.31. The van der Waals surface area contributed by atoms with E-state index in [-0.39, 0.29) is 24.8 Å². The Bertz CT molecular complexity index is 909. The monoisotopic (exact) mass is 522 g/mol. The number of hydrogen-bond donors (Lipinski definition) is 2. The van der Waals surface area contributed by atoms with Gasteiger partial charge in [-0.2, -0.15) is 0 Å². The minimum atomic E-state index is -0.484. The average Bonchev–Trinajstić information content (AvgIpc) is 2.73. The van der Waals surface area contributed by atoms with Gasteiger partial charge in [-0.1, -0.05) is 35.3 Å². The van der Waals surface area contributed by atoms with Crippen LogP contribution in [-0.2, 0) is 14.3 Å². The predicted molar refractivity (Wildman–Crippen MR) is 127 cm³/mol. The number of esters is 1. The van der Waals surface area contributed by atoms with Gasteiger partial charge >= 0.3 is 5.97 Å². The highest BCUT2D eigenvalue weighted by atomic mass is 35.5. The molecule has 7 nitrogen and oxygen atoms in total. The van der Waals surface area contributed by atoms with Crippen molar-refractivity contribution in [2.24, 2.45) is 0 Å². The fourth-order valence-electron chi connectivity index (χ4n) is 1.80. The Kier molecular flexibility index (Phi) is 16.2. The highest BCUT2D eigenvalue weighted by molar-refractivity contribution is 6.67. The summed E-state index contributed by atoms with van der Waals surface area (Å²) < 4.78 is 4.67. The maximum atomic E-state index is 11.5. The van der Waals surface area contributed by atoms with Crippen LogP contribution in [0.5, 0.6) is 0 Å². The van der Waals surface area contributed by atoms with Gasteiger partial charge in [-0.25, -0.2) is 4.84 Å². The lowest BCUT2D eigenvalue weighted by Crippen LogP contribution is -2.30. The largest absolute Gasteiger partial charge is 0.465 e. The van der Waals surface area contributed by atoms with Crippen LogP contribution >= 0.6 is 46.6 Å². The molecule has 0 spiro atoms. The Morgan fingerprint density at radius 2 is 1.44 bits per heavy atom.